The molecule has 2 rings (SSSR count). The van der Waals surface area contributed by atoms with Crippen molar-refractivity contribution in [3.8, 4) is 0 Å². The Morgan fingerprint density at radius 3 is 2.56 bits per heavy atom. The minimum absolute atomic E-state index is 0.185. The molecule has 0 unspecified atom stereocenters. The van der Waals surface area contributed by atoms with Gasteiger partial charge in [0.2, 0.25) is 15.9 Å². The number of carbonyl (C=O) groups is 1. The first-order valence-electron chi connectivity index (χ1n) is 7.86. The summed E-state index contributed by atoms with van der Waals surface area (Å²) >= 11 is 5.90. The standard InChI is InChI=1S/C18H21ClN2O3S/c1-13-6-7-17(14(2)10-13)25(23,24)21-12-18(22)20-9-8-15-4-3-5-16(19)11-15/h3-7,10-11,21H,8-9,12H2,1-2H3,(H,20,22). The van der Waals surface area contributed by atoms with E-state index in [-0.39, 0.29) is 17.3 Å². The van der Waals surface area contributed by atoms with E-state index < -0.39 is 10.0 Å². The molecule has 2 N–H and O–H groups in total. The van der Waals surface area contributed by atoms with Gasteiger partial charge in [-0.05, 0) is 49.6 Å². The van der Waals surface area contributed by atoms with Crippen molar-refractivity contribution in [2.75, 3.05) is 13.1 Å². The van der Waals surface area contributed by atoms with Gasteiger partial charge in [0.05, 0.1) is 11.4 Å². The number of aryl methyl sites for hydroxylation is 2. The van der Waals surface area contributed by atoms with Crippen molar-refractivity contribution in [3.63, 3.8) is 0 Å². The molecule has 0 aliphatic heterocycles. The lowest BCUT2D eigenvalue weighted by atomic mass is 10.1. The van der Waals surface area contributed by atoms with Crippen LogP contribution in [0.25, 0.3) is 0 Å². The van der Waals surface area contributed by atoms with Crippen LogP contribution in [0.4, 0.5) is 0 Å². The van der Waals surface area contributed by atoms with Crippen molar-refractivity contribution in [2.24, 2.45) is 0 Å². The Labute approximate surface area is 153 Å². The molecule has 25 heavy (non-hydrogen) atoms. The second-order valence-electron chi connectivity index (χ2n) is 5.82. The molecule has 0 aliphatic rings. The Hall–Kier alpha value is -1.89. The van der Waals surface area contributed by atoms with Crippen LogP contribution in [-0.2, 0) is 21.2 Å². The third-order valence-electron chi connectivity index (χ3n) is 3.67. The van der Waals surface area contributed by atoms with Gasteiger partial charge in [-0.2, -0.15) is 0 Å². The lowest BCUT2D eigenvalue weighted by molar-refractivity contribution is -0.119. The number of sulfonamides is 1. The van der Waals surface area contributed by atoms with Crippen LogP contribution in [0.15, 0.2) is 47.4 Å². The van der Waals surface area contributed by atoms with Crippen LogP contribution < -0.4 is 10.0 Å². The third-order valence-corrected chi connectivity index (χ3v) is 5.46. The molecule has 0 saturated carbocycles. The molecule has 134 valence electrons. The first kappa shape index (κ1) is 19.4. The van der Waals surface area contributed by atoms with Gasteiger partial charge in [-0.3, -0.25) is 4.79 Å². The molecule has 0 aliphatic carbocycles. The Balaban J connectivity index is 1.84. The molecule has 0 saturated heterocycles. The zero-order chi connectivity index (χ0) is 18.4. The third kappa shape index (κ3) is 5.85. The summed E-state index contributed by atoms with van der Waals surface area (Å²) in [6, 6.07) is 12.4. The first-order chi connectivity index (χ1) is 11.8. The summed E-state index contributed by atoms with van der Waals surface area (Å²) in [7, 11) is -3.71. The zero-order valence-corrected chi connectivity index (χ0v) is 15.7. The van der Waals surface area contributed by atoms with E-state index in [2.05, 4.69) is 10.0 Å². The fraction of sp³-hybridized carbons (Fsp3) is 0.278. The maximum atomic E-state index is 12.3. The number of amides is 1. The second-order valence-corrected chi connectivity index (χ2v) is 8.00. The molecule has 0 heterocycles. The van der Waals surface area contributed by atoms with Crippen LogP contribution in [0, 0.1) is 13.8 Å². The van der Waals surface area contributed by atoms with Crippen LogP contribution >= 0.6 is 11.6 Å². The van der Waals surface area contributed by atoms with Gasteiger partial charge in [0.1, 0.15) is 0 Å². The highest BCUT2D eigenvalue weighted by molar-refractivity contribution is 7.89. The number of benzene rings is 2. The first-order valence-corrected chi connectivity index (χ1v) is 9.72. The predicted octanol–water partition coefficient (Wildman–Crippen LogP) is 2.59. The van der Waals surface area contributed by atoms with Gasteiger partial charge in [0.15, 0.2) is 0 Å². The topological polar surface area (TPSA) is 75.3 Å². The minimum atomic E-state index is -3.71. The van der Waals surface area contributed by atoms with E-state index in [0.29, 0.717) is 23.6 Å². The number of halogens is 1. The van der Waals surface area contributed by atoms with Crippen molar-refractivity contribution in [1.29, 1.82) is 0 Å². The molecule has 0 bridgehead atoms. The van der Waals surface area contributed by atoms with Crippen LogP contribution in [0.2, 0.25) is 5.02 Å². The molecule has 0 spiro atoms. The molecule has 0 fully saturated rings. The smallest absolute Gasteiger partial charge is 0.241 e. The van der Waals surface area contributed by atoms with E-state index >= 15 is 0 Å². The number of carbonyl (C=O) groups excluding carboxylic acids is 1. The molecule has 7 heteroatoms. The van der Waals surface area contributed by atoms with Crippen LogP contribution in [0.1, 0.15) is 16.7 Å². The van der Waals surface area contributed by atoms with Crippen LogP contribution in [-0.4, -0.2) is 27.4 Å². The largest absolute Gasteiger partial charge is 0.355 e. The zero-order valence-electron chi connectivity index (χ0n) is 14.2. The van der Waals surface area contributed by atoms with Crippen molar-refractivity contribution in [2.45, 2.75) is 25.2 Å². The highest BCUT2D eigenvalue weighted by Crippen LogP contribution is 2.16. The molecular formula is C18H21ClN2O3S. The van der Waals surface area contributed by atoms with E-state index in [4.69, 9.17) is 11.6 Å². The van der Waals surface area contributed by atoms with Crippen molar-refractivity contribution in [3.05, 3.63) is 64.2 Å². The fourth-order valence-corrected chi connectivity index (χ4v) is 3.86. The summed E-state index contributed by atoms with van der Waals surface area (Å²) in [5, 5.41) is 3.33. The monoisotopic (exact) mass is 380 g/mol. The maximum absolute atomic E-state index is 12.3. The van der Waals surface area contributed by atoms with Crippen molar-refractivity contribution < 1.29 is 13.2 Å². The van der Waals surface area contributed by atoms with Gasteiger partial charge >= 0.3 is 0 Å². The maximum Gasteiger partial charge on any atom is 0.241 e. The summed E-state index contributed by atoms with van der Waals surface area (Å²) in [4.78, 5) is 12.0. The number of rotatable bonds is 7. The molecular weight excluding hydrogens is 360 g/mol. The second kappa shape index (κ2) is 8.47. The highest BCUT2D eigenvalue weighted by atomic mass is 35.5. The van der Waals surface area contributed by atoms with Gasteiger partial charge in [-0.25, -0.2) is 13.1 Å². The molecule has 0 aromatic heterocycles. The average molecular weight is 381 g/mol. The van der Waals surface area contributed by atoms with Crippen molar-refractivity contribution >= 4 is 27.5 Å². The Bertz CT molecular complexity index is 866. The number of hydrogen-bond acceptors (Lipinski definition) is 3. The minimum Gasteiger partial charge on any atom is -0.355 e. The summed E-state index contributed by atoms with van der Waals surface area (Å²) in [5.41, 5.74) is 2.63. The lowest BCUT2D eigenvalue weighted by Crippen LogP contribution is -2.37. The Morgan fingerprint density at radius 2 is 1.88 bits per heavy atom. The van der Waals surface area contributed by atoms with Gasteiger partial charge in [0.25, 0.3) is 0 Å². The molecule has 0 atom stereocenters. The Morgan fingerprint density at radius 1 is 1.12 bits per heavy atom. The number of nitrogens with one attached hydrogen (secondary N) is 2. The average Bonchev–Trinajstić information content (AvgIpc) is 2.53. The van der Waals surface area contributed by atoms with Gasteiger partial charge in [0, 0.05) is 11.6 Å². The van der Waals surface area contributed by atoms with Crippen LogP contribution in [0.5, 0.6) is 0 Å². The molecule has 1 amide bonds. The SMILES string of the molecule is Cc1ccc(S(=O)(=O)NCC(=O)NCCc2cccc(Cl)c2)c(C)c1. The molecule has 2 aromatic rings. The Kier molecular flexibility index (Phi) is 6.58. The summed E-state index contributed by atoms with van der Waals surface area (Å²) in [6.45, 7) is 3.73. The molecule has 2 aromatic carbocycles. The van der Waals surface area contributed by atoms with Crippen LogP contribution in [0.3, 0.4) is 0 Å². The highest BCUT2D eigenvalue weighted by Gasteiger charge is 2.17. The number of hydrogen-bond donors (Lipinski definition) is 2. The fourth-order valence-electron chi connectivity index (χ4n) is 2.44. The quantitative estimate of drug-likeness (QED) is 0.775. The van der Waals surface area contributed by atoms with Gasteiger partial charge in [-0.15, -0.1) is 0 Å². The van der Waals surface area contributed by atoms with Gasteiger partial charge < -0.3 is 5.32 Å². The van der Waals surface area contributed by atoms with E-state index in [1.807, 2.05) is 25.1 Å². The van der Waals surface area contributed by atoms with E-state index in [1.165, 1.54) is 0 Å². The predicted molar refractivity (Wildman–Crippen MR) is 99.3 cm³/mol. The van der Waals surface area contributed by atoms with E-state index in [0.717, 1.165) is 11.1 Å². The van der Waals surface area contributed by atoms with E-state index in [9.17, 15) is 13.2 Å². The summed E-state index contributed by atoms with van der Waals surface area (Å²) < 4.78 is 26.9. The molecule has 0 radical (unpaired) electrons. The normalized spacial score (nSPS) is 11.3. The molecule has 5 nitrogen and oxygen atoms in total. The van der Waals surface area contributed by atoms with E-state index in [1.54, 1.807) is 31.2 Å². The van der Waals surface area contributed by atoms with Gasteiger partial charge in [-0.1, -0.05) is 41.4 Å². The summed E-state index contributed by atoms with van der Waals surface area (Å²) in [5.74, 6) is -0.379. The lowest BCUT2D eigenvalue weighted by Gasteiger charge is -2.10. The van der Waals surface area contributed by atoms with Crippen molar-refractivity contribution in [1.82, 2.24) is 10.0 Å². The summed E-state index contributed by atoms with van der Waals surface area (Å²) in [6.07, 6.45) is 0.621.